The van der Waals surface area contributed by atoms with E-state index >= 15 is 0 Å². The summed E-state index contributed by atoms with van der Waals surface area (Å²) in [6.07, 6.45) is 0. The van der Waals surface area contributed by atoms with E-state index in [1.165, 1.54) is 11.3 Å². The largest absolute Gasteiger partial charge is 0.469 e. The van der Waals surface area contributed by atoms with Gasteiger partial charge in [-0.3, -0.25) is 0 Å². The highest BCUT2D eigenvalue weighted by atomic mass is 32.1. The molecular formula is C18H19N3O2S. The first-order chi connectivity index (χ1) is 11.8. The van der Waals surface area contributed by atoms with Crippen molar-refractivity contribution in [1.29, 1.82) is 0 Å². The molecule has 0 amide bonds. The monoisotopic (exact) mass is 341 g/mol. The Bertz CT molecular complexity index is 777. The summed E-state index contributed by atoms with van der Waals surface area (Å²) in [5.41, 5.74) is 0.995. The maximum Gasteiger partial charge on any atom is 0.294 e. The van der Waals surface area contributed by atoms with Gasteiger partial charge in [-0.2, -0.15) is 0 Å². The maximum absolute atomic E-state index is 6.01. The van der Waals surface area contributed by atoms with Crippen molar-refractivity contribution in [2.75, 3.05) is 18.6 Å². The molecule has 0 aliphatic carbocycles. The number of anilines is 1. The second kappa shape index (κ2) is 7.79. The van der Waals surface area contributed by atoms with Gasteiger partial charge in [-0.25, -0.2) is 0 Å². The normalized spacial score (nSPS) is 10.4. The zero-order chi connectivity index (χ0) is 16.8. The lowest BCUT2D eigenvalue weighted by Crippen LogP contribution is -2.16. The van der Waals surface area contributed by atoms with Crippen LogP contribution < -0.4 is 14.4 Å². The Labute approximate surface area is 145 Å². The number of ether oxygens (including phenoxy) is 2. The van der Waals surface area contributed by atoms with Crippen LogP contribution in [0.15, 0.2) is 54.6 Å². The second-order valence-corrected chi connectivity index (χ2v) is 6.16. The molecule has 0 atom stereocenters. The number of nitrogens with zero attached hydrogens (tertiary/aromatic N) is 3. The topological polar surface area (TPSA) is 47.5 Å². The van der Waals surface area contributed by atoms with E-state index in [0.29, 0.717) is 18.3 Å². The average Bonchev–Trinajstić information content (AvgIpc) is 3.03. The Morgan fingerprint density at radius 3 is 2.54 bits per heavy atom. The summed E-state index contributed by atoms with van der Waals surface area (Å²) < 4.78 is 11.4. The highest BCUT2D eigenvalue weighted by molar-refractivity contribution is 7.13. The van der Waals surface area contributed by atoms with Crippen molar-refractivity contribution in [1.82, 2.24) is 10.2 Å². The minimum absolute atomic E-state index is 0.595. The summed E-state index contributed by atoms with van der Waals surface area (Å²) in [5.74, 6) is 1.62. The molecule has 0 radical (unpaired) electrons. The van der Waals surface area contributed by atoms with Crippen LogP contribution in [0.25, 0.3) is 0 Å². The van der Waals surface area contributed by atoms with Gasteiger partial charge in [0.15, 0.2) is 5.75 Å². The molecule has 0 fully saturated rings. The third-order valence-corrected chi connectivity index (χ3v) is 4.16. The van der Waals surface area contributed by atoms with Crippen LogP contribution in [0.5, 0.6) is 16.7 Å². The van der Waals surface area contributed by atoms with Gasteiger partial charge in [0.25, 0.3) is 5.19 Å². The summed E-state index contributed by atoms with van der Waals surface area (Å²) >= 11 is 1.46. The average molecular weight is 341 g/mol. The molecule has 0 saturated carbocycles. The third-order valence-electron chi connectivity index (χ3n) is 3.34. The Balaban J connectivity index is 1.75. The molecule has 0 aliphatic rings. The molecule has 0 saturated heterocycles. The van der Waals surface area contributed by atoms with Gasteiger partial charge in [-0.1, -0.05) is 46.8 Å². The molecule has 1 aromatic heterocycles. The molecule has 2 aromatic carbocycles. The number of hydrogen-bond donors (Lipinski definition) is 0. The summed E-state index contributed by atoms with van der Waals surface area (Å²) in [5, 5.41) is 9.71. The van der Waals surface area contributed by atoms with E-state index in [9.17, 15) is 0 Å². The van der Waals surface area contributed by atoms with Crippen LogP contribution >= 0.6 is 11.3 Å². The van der Waals surface area contributed by atoms with Gasteiger partial charge in [0.05, 0.1) is 18.8 Å². The Kier molecular flexibility index (Phi) is 5.28. The molecule has 3 rings (SSSR count). The molecule has 0 spiro atoms. The summed E-state index contributed by atoms with van der Waals surface area (Å²) in [6, 6.07) is 17.7. The van der Waals surface area contributed by atoms with Crippen LogP contribution in [0.1, 0.15) is 11.9 Å². The van der Waals surface area contributed by atoms with Crippen LogP contribution in [0.4, 0.5) is 5.69 Å². The Morgan fingerprint density at radius 2 is 1.75 bits per heavy atom. The van der Waals surface area contributed by atoms with Gasteiger partial charge in [-0.05, 0) is 31.2 Å². The van der Waals surface area contributed by atoms with Gasteiger partial charge in [0, 0.05) is 7.05 Å². The van der Waals surface area contributed by atoms with Crippen LogP contribution in [-0.4, -0.2) is 23.9 Å². The first-order valence-electron chi connectivity index (χ1n) is 7.74. The molecule has 0 aliphatic heterocycles. The van der Waals surface area contributed by atoms with Crippen molar-refractivity contribution in [2.45, 2.75) is 13.5 Å². The first kappa shape index (κ1) is 16.3. The third kappa shape index (κ3) is 4.02. The number of aromatic nitrogens is 2. The maximum atomic E-state index is 6.01. The fourth-order valence-electron chi connectivity index (χ4n) is 2.25. The lowest BCUT2D eigenvalue weighted by Gasteiger charge is -2.21. The summed E-state index contributed by atoms with van der Waals surface area (Å²) in [4.78, 5) is 2.09. The minimum atomic E-state index is 0.595. The number of rotatable bonds is 7. The fraction of sp³-hybridized carbons (Fsp3) is 0.222. The molecule has 3 aromatic rings. The minimum Gasteiger partial charge on any atom is -0.469 e. The van der Waals surface area contributed by atoms with E-state index in [4.69, 9.17) is 9.47 Å². The second-order valence-electron chi connectivity index (χ2n) is 5.13. The Hall–Kier alpha value is -2.60. The molecule has 6 heteroatoms. The van der Waals surface area contributed by atoms with Crippen molar-refractivity contribution in [3.63, 3.8) is 0 Å². The molecule has 5 nitrogen and oxygen atoms in total. The molecule has 0 unspecified atom stereocenters. The number of hydrogen-bond acceptors (Lipinski definition) is 6. The molecule has 0 N–H and O–H groups in total. The van der Waals surface area contributed by atoms with E-state index in [1.54, 1.807) is 0 Å². The van der Waals surface area contributed by atoms with Crippen molar-refractivity contribution < 1.29 is 9.47 Å². The summed E-state index contributed by atoms with van der Waals surface area (Å²) in [6.45, 7) is 3.17. The first-order valence-corrected chi connectivity index (χ1v) is 8.56. The van der Waals surface area contributed by atoms with E-state index in [2.05, 4.69) is 15.1 Å². The smallest absolute Gasteiger partial charge is 0.294 e. The van der Waals surface area contributed by atoms with Gasteiger partial charge in [0.1, 0.15) is 10.8 Å². The van der Waals surface area contributed by atoms with Crippen LogP contribution in [0, 0.1) is 0 Å². The van der Waals surface area contributed by atoms with E-state index in [-0.39, 0.29) is 0 Å². The summed E-state index contributed by atoms with van der Waals surface area (Å²) in [7, 11) is 2.01. The van der Waals surface area contributed by atoms with E-state index in [1.807, 2.05) is 68.6 Å². The molecule has 124 valence electrons. The zero-order valence-corrected chi connectivity index (χ0v) is 14.5. The van der Waals surface area contributed by atoms with Gasteiger partial charge < -0.3 is 14.4 Å². The standard InChI is InChI=1S/C18H19N3O2S/c1-3-22-18-20-19-17(24-18)13-21(2)15-11-7-8-12-16(15)23-14-9-5-4-6-10-14/h4-12H,3,13H2,1-2H3. The van der Waals surface area contributed by atoms with E-state index in [0.717, 1.165) is 22.2 Å². The van der Waals surface area contributed by atoms with Gasteiger partial charge >= 0.3 is 0 Å². The molecule has 1 heterocycles. The zero-order valence-electron chi connectivity index (χ0n) is 13.7. The predicted octanol–water partition coefficient (Wildman–Crippen LogP) is 4.37. The van der Waals surface area contributed by atoms with Gasteiger partial charge in [-0.15, -0.1) is 5.10 Å². The molecular weight excluding hydrogens is 322 g/mol. The van der Waals surface area contributed by atoms with Crippen LogP contribution in [0.3, 0.4) is 0 Å². The number of para-hydroxylation sites is 3. The quantitative estimate of drug-likeness (QED) is 0.639. The Morgan fingerprint density at radius 1 is 1.00 bits per heavy atom. The van der Waals surface area contributed by atoms with Crippen molar-refractivity contribution in [3.8, 4) is 16.7 Å². The lowest BCUT2D eigenvalue weighted by molar-refractivity contribution is 0.335. The molecule has 0 bridgehead atoms. The molecule has 24 heavy (non-hydrogen) atoms. The van der Waals surface area contributed by atoms with Crippen LogP contribution in [0.2, 0.25) is 0 Å². The predicted molar refractivity (Wildman–Crippen MR) is 96.1 cm³/mol. The van der Waals surface area contributed by atoms with Gasteiger partial charge in [0.2, 0.25) is 0 Å². The van der Waals surface area contributed by atoms with Crippen molar-refractivity contribution in [3.05, 3.63) is 59.6 Å². The fourth-order valence-corrected chi connectivity index (χ4v) is 3.05. The van der Waals surface area contributed by atoms with E-state index < -0.39 is 0 Å². The van der Waals surface area contributed by atoms with Crippen molar-refractivity contribution in [2.24, 2.45) is 0 Å². The highest BCUT2D eigenvalue weighted by Crippen LogP contribution is 2.32. The lowest BCUT2D eigenvalue weighted by atomic mass is 10.2. The van der Waals surface area contributed by atoms with Crippen LogP contribution in [-0.2, 0) is 6.54 Å². The highest BCUT2D eigenvalue weighted by Gasteiger charge is 2.12. The van der Waals surface area contributed by atoms with Crippen molar-refractivity contribution >= 4 is 17.0 Å². The SMILES string of the molecule is CCOc1nnc(CN(C)c2ccccc2Oc2ccccc2)s1. The number of benzene rings is 2.